The van der Waals surface area contributed by atoms with Crippen molar-refractivity contribution in [2.75, 3.05) is 0 Å². The van der Waals surface area contributed by atoms with Crippen LogP contribution in [-0.4, -0.2) is 15.0 Å². The standard InChI is InChI=1S/C9H6BrClFN3/c10-6-1-2-9(8(12)3-6)15-7(4-11)5-13-14-15/h1-3,5H,4H2. The third-order valence-corrected chi connectivity index (χ3v) is 2.66. The van der Waals surface area contributed by atoms with Gasteiger partial charge in [-0.2, -0.15) is 0 Å². The highest BCUT2D eigenvalue weighted by molar-refractivity contribution is 9.10. The Labute approximate surface area is 99.0 Å². The highest BCUT2D eigenvalue weighted by Crippen LogP contribution is 2.19. The van der Waals surface area contributed by atoms with Gasteiger partial charge in [0.15, 0.2) is 0 Å². The molecule has 0 unspecified atom stereocenters. The Kier molecular flexibility index (Phi) is 3.02. The molecule has 0 N–H and O–H groups in total. The zero-order valence-corrected chi connectivity index (χ0v) is 9.83. The second-order valence-corrected chi connectivity index (χ2v) is 4.05. The van der Waals surface area contributed by atoms with E-state index in [0.29, 0.717) is 15.9 Å². The van der Waals surface area contributed by atoms with E-state index >= 15 is 0 Å². The Morgan fingerprint density at radius 1 is 1.47 bits per heavy atom. The molecule has 0 saturated heterocycles. The molecule has 0 aliphatic heterocycles. The number of alkyl halides is 1. The Morgan fingerprint density at radius 3 is 2.93 bits per heavy atom. The van der Waals surface area contributed by atoms with E-state index in [9.17, 15) is 4.39 Å². The van der Waals surface area contributed by atoms with E-state index in [4.69, 9.17) is 11.6 Å². The van der Waals surface area contributed by atoms with Crippen LogP contribution in [0.5, 0.6) is 0 Å². The van der Waals surface area contributed by atoms with Crippen LogP contribution >= 0.6 is 27.5 Å². The summed E-state index contributed by atoms with van der Waals surface area (Å²) in [5, 5.41) is 7.46. The van der Waals surface area contributed by atoms with Gasteiger partial charge in [-0.25, -0.2) is 9.07 Å². The minimum absolute atomic E-state index is 0.239. The lowest BCUT2D eigenvalue weighted by Crippen LogP contribution is -2.03. The van der Waals surface area contributed by atoms with Crippen molar-refractivity contribution in [3.8, 4) is 5.69 Å². The molecule has 0 radical (unpaired) electrons. The molecule has 6 heteroatoms. The molecule has 78 valence electrons. The highest BCUT2D eigenvalue weighted by atomic mass is 79.9. The van der Waals surface area contributed by atoms with Gasteiger partial charge in [-0.05, 0) is 18.2 Å². The van der Waals surface area contributed by atoms with E-state index < -0.39 is 0 Å². The largest absolute Gasteiger partial charge is 0.213 e. The van der Waals surface area contributed by atoms with E-state index in [1.807, 2.05) is 0 Å². The van der Waals surface area contributed by atoms with Gasteiger partial charge < -0.3 is 0 Å². The second kappa shape index (κ2) is 4.28. The lowest BCUT2D eigenvalue weighted by atomic mass is 10.3. The van der Waals surface area contributed by atoms with Gasteiger partial charge in [-0.15, -0.1) is 16.7 Å². The van der Waals surface area contributed by atoms with Crippen LogP contribution in [0.25, 0.3) is 5.69 Å². The zero-order valence-electron chi connectivity index (χ0n) is 7.49. The van der Waals surface area contributed by atoms with Crippen LogP contribution in [0, 0.1) is 5.82 Å². The van der Waals surface area contributed by atoms with Gasteiger partial charge in [0.1, 0.15) is 11.5 Å². The Morgan fingerprint density at radius 2 is 2.27 bits per heavy atom. The number of rotatable bonds is 2. The fourth-order valence-corrected chi connectivity index (χ4v) is 1.72. The van der Waals surface area contributed by atoms with E-state index in [1.165, 1.54) is 16.9 Å². The molecular weight excluding hydrogens is 284 g/mol. The second-order valence-electron chi connectivity index (χ2n) is 2.87. The summed E-state index contributed by atoms with van der Waals surface area (Å²) < 4.78 is 15.6. The average Bonchev–Trinajstić information content (AvgIpc) is 2.65. The van der Waals surface area contributed by atoms with Crippen LogP contribution in [0.15, 0.2) is 28.9 Å². The third-order valence-electron chi connectivity index (χ3n) is 1.89. The summed E-state index contributed by atoms with van der Waals surface area (Å²) in [6, 6.07) is 4.72. The van der Waals surface area contributed by atoms with Crippen LogP contribution in [0.2, 0.25) is 0 Å². The predicted molar refractivity (Wildman–Crippen MR) is 58.6 cm³/mol. The summed E-state index contributed by atoms with van der Waals surface area (Å²) >= 11 is 8.86. The molecule has 1 aromatic carbocycles. The SMILES string of the molecule is Fc1cc(Br)ccc1-n1nncc1CCl. The molecule has 0 aliphatic rings. The first-order valence-corrected chi connectivity index (χ1v) is 5.46. The number of hydrogen-bond acceptors (Lipinski definition) is 2. The molecule has 2 aromatic rings. The molecule has 1 aromatic heterocycles. The molecule has 0 fully saturated rings. The molecule has 0 aliphatic carbocycles. The van der Waals surface area contributed by atoms with E-state index in [-0.39, 0.29) is 11.7 Å². The van der Waals surface area contributed by atoms with E-state index in [2.05, 4.69) is 26.2 Å². The molecule has 1 heterocycles. The van der Waals surface area contributed by atoms with Gasteiger partial charge in [0.2, 0.25) is 0 Å². The van der Waals surface area contributed by atoms with Gasteiger partial charge in [0, 0.05) is 4.47 Å². The molecule has 0 spiro atoms. The zero-order chi connectivity index (χ0) is 10.8. The summed E-state index contributed by atoms with van der Waals surface area (Å²) in [6.07, 6.45) is 1.51. The molecule has 0 bridgehead atoms. The molecule has 3 nitrogen and oxygen atoms in total. The quantitative estimate of drug-likeness (QED) is 0.796. The number of halogens is 3. The van der Waals surface area contributed by atoms with Crippen molar-refractivity contribution in [3.63, 3.8) is 0 Å². The van der Waals surface area contributed by atoms with Crippen molar-refractivity contribution in [1.82, 2.24) is 15.0 Å². The topological polar surface area (TPSA) is 30.7 Å². The fraction of sp³-hybridized carbons (Fsp3) is 0.111. The van der Waals surface area contributed by atoms with E-state index in [0.717, 1.165) is 0 Å². The number of benzene rings is 1. The first kappa shape index (κ1) is 10.6. The molecule has 2 rings (SSSR count). The minimum atomic E-state index is -0.374. The molecule has 0 atom stereocenters. The van der Waals surface area contributed by atoms with Crippen LogP contribution in [0.1, 0.15) is 5.69 Å². The summed E-state index contributed by atoms with van der Waals surface area (Å²) in [5.74, 6) is -0.135. The van der Waals surface area contributed by atoms with Gasteiger partial charge >= 0.3 is 0 Å². The molecule has 15 heavy (non-hydrogen) atoms. The first-order chi connectivity index (χ1) is 7.22. The van der Waals surface area contributed by atoms with Gasteiger partial charge in [0.25, 0.3) is 0 Å². The summed E-state index contributed by atoms with van der Waals surface area (Å²) in [5.41, 5.74) is 0.990. The van der Waals surface area contributed by atoms with Crippen LogP contribution in [0.3, 0.4) is 0 Å². The fourth-order valence-electron chi connectivity index (χ4n) is 1.20. The Balaban J connectivity index is 2.54. The van der Waals surface area contributed by atoms with Crippen molar-refractivity contribution >= 4 is 27.5 Å². The maximum Gasteiger partial charge on any atom is 0.150 e. The normalized spacial score (nSPS) is 10.6. The van der Waals surface area contributed by atoms with Gasteiger partial charge in [-0.3, -0.25) is 0 Å². The Bertz CT molecular complexity index is 486. The van der Waals surface area contributed by atoms with E-state index in [1.54, 1.807) is 12.1 Å². The van der Waals surface area contributed by atoms with Gasteiger partial charge in [-0.1, -0.05) is 21.1 Å². The summed E-state index contributed by atoms with van der Waals surface area (Å²) in [4.78, 5) is 0. The monoisotopic (exact) mass is 289 g/mol. The first-order valence-electron chi connectivity index (χ1n) is 4.13. The Hall–Kier alpha value is -0.940. The number of hydrogen-bond donors (Lipinski definition) is 0. The lowest BCUT2D eigenvalue weighted by molar-refractivity contribution is 0.603. The third kappa shape index (κ3) is 2.03. The molecule has 0 amide bonds. The predicted octanol–water partition coefficient (Wildman–Crippen LogP) is 2.91. The summed E-state index contributed by atoms with van der Waals surface area (Å²) in [7, 11) is 0. The van der Waals surface area contributed by atoms with Crippen LogP contribution < -0.4 is 0 Å². The van der Waals surface area contributed by atoms with Crippen molar-refractivity contribution in [2.24, 2.45) is 0 Å². The summed E-state index contributed by atoms with van der Waals surface area (Å²) in [6.45, 7) is 0. The maximum atomic E-state index is 13.6. The smallest absolute Gasteiger partial charge is 0.150 e. The van der Waals surface area contributed by atoms with Crippen molar-refractivity contribution in [2.45, 2.75) is 5.88 Å². The van der Waals surface area contributed by atoms with Crippen LogP contribution in [-0.2, 0) is 5.88 Å². The van der Waals surface area contributed by atoms with Crippen molar-refractivity contribution < 1.29 is 4.39 Å². The average molecular weight is 291 g/mol. The maximum absolute atomic E-state index is 13.6. The molecule has 0 saturated carbocycles. The van der Waals surface area contributed by atoms with Crippen molar-refractivity contribution in [1.29, 1.82) is 0 Å². The van der Waals surface area contributed by atoms with Crippen molar-refractivity contribution in [3.05, 3.63) is 40.4 Å². The van der Waals surface area contributed by atoms with Crippen LogP contribution in [0.4, 0.5) is 4.39 Å². The highest BCUT2D eigenvalue weighted by Gasteiger charge is 2.09. The minimum Gasteiger partial charge on any atom is -0.213 e. The molecular formula is C9H6BrClFN3. The number of aromatic nitrogens is 3. The lowest BCUT2D eigenvalue weighted by Gasteiger charge is -2.05. The number of nitrogens with zero attached hydrogens (tertiary/aromatic N) is 3. The van der Waals surface area contributed by atoms with Gasteiger partial charge in [0.05, 0.1) is 17.8 Å².